The van der Waals surface area contributed by atoms with E-state index in [0.29, 0.717) is 0 Å². The second-order valence-corrected chi connectivity index (χ2v) is 3.52. The average Bonchev–Trinajstić information content (AvgIpc) is 2.26. The van der Waals surface area contributed by atoms with Gasteiger partial charge in [0.25, 0.3) is 0 Å². The number of esters is 1. The van der Waals surface area contributed by atoms with Gasteiger partial charge in [0, 0.05) is 13.1 Å². The number of aromatic nitrogens is 1. The van der Waals surface area contributed by atoms with Crippen molar-refractivity contribution in [3.8, 4) is 0 Å². The number of halogens is 2. The molecule has 1 aromatic rings. The Morgan fingerprint density at radius 2 is 2.25 bits per heavy atom. The third kappa shape index (κ3) is 3.10. The summed E-state index contributed by atoms with van der Waals surface area (Å²) >= 11 is 2.95. The quantitative estimate of drug-likeness (QED) is 0.482. The summed E-state index contributed by atoms with van der Waals surface area (Å²) in [7, 11) is 0. The lowest BCUT2D eigenvalue weighted by Crippen LogP contribution is -2.09. The van der Waals surface area contributed by atoms with E-state index in [1.54, 1.807) is 0 Å². The summed E-state index contributed by atoms with van der Waals surface area (Å²) in [6.45, 7) is 0.940. The van der Waals surface area contributed by atoms with Crippen LogP contribution in [0, 0.1) is 5.82 Å². The van der Waals surface area contributed by atoms with Gasteiger partial charge >= 0.3 is 5.97 Å². The standard InChI is InChI=1S/C10H9BrFNO3/c1-6(14)16-5-8-10(12)7(2-3-13-8)9(15)4-11/h2-3H,4-5H2,1H3. The first-order valence-corrected chi connectivity index (χ1v) is 5.54. The van der Waals surface area contributed by atoms with Crippen LogP contribution in [0.4, 0.5) is 4.39 Å². The smallest absolute Gasteiger partial charge is 0.303 e. The highest BCUT2D eigenvalue weighted by Gasteiger charge is 2.15. The van der Waals surface area contributed by atoms with E-state index in [4.69, 9.17) is 0 Å². The van der Waals surface area contributed by atoms with Gasteiger partial charge in [0.1, 0.15) is 12.3 Å². The molecule has 0 radical (unpaired) electrons. The van der Waals surface area contributed by atoms with Crippen LogP contribution in [0.1, 0.15) is 23.0 Å². The summed E-state index contributed by atoms with van der Waals surface area (Å²) in [6, 6.07) is 1.29. The molecular weight excluding hydrogens is 281 g/mol. The first kappa shape index (κ1) is 12.8. The fraction of sp³-hybridized carbons (Fsp3) is 0.300. The van der Waals surface area contributed by atoms with Crippen LogP contribution in [-0.2, 0) is 16.1 Å². The van der Waals surface area contributed by atoms with Gasteiger partial charge in [-0.1, -0.05) is 15.9 Å². The Balaban J connectivity index is 2.94. The summed E-state index contributed by atoms with van der Waals surface area (Å²) in [5.74, 6) is -1.66. The molecule has 0 atom stereocenters. The second-order valence-electron chi connectivity index (χ2n) is 2.96. The van der Waals surface area contributed by atoms with Crippen molar-refractivity contribution in [1.82, 2.24) is 4.98 Å². The van der Waals surface area contributed by atoms with E-state index in [2.05, 4.69) is 25.7 Å². The molecule has 86 valence electrons. The number of ketones is 1. The van der Waals surface area contributed by atoms with E-state index in [0.717, 1.165) is 0 Å². The van der Waals surface area contributed by atoms with Gasteiger partial charge in [-0.15, -0.1) is 0 Å². The molecule has 0 unspecified atom stereocenters. The van der Waals surface area contributed by atoms with Gasteiger partial charge in [-0.2, -0.15) is 0 Å². The maximum Gasteiger partial charge on any atom is 0.303 e. The van der Waals surface area contributed by atoms with E-state index < -0.39 is 11.8 Å². The minimum atomic E-state index is -0.742. The molecular formula is C10H9BrFNO3. The van der Waals surface area contributed by atoms with E-state index in [-0.39, 0.29) is 29.0 Å². The van der Waals surface area contributed by atoms with Crippen molar-refractivity contribution in [2.24, 2.45) is 0 Å². The number of nitrogens with zero attached hydrogens (tertiary/aromatic N) is 1. The molecule has 1 aromatic heterocycles. The lowest BCUT2D eigenvalue weighted by molar-refractivity contribution is -0.142. The van der Waals surface area contributed by atoms with Crippen LogP contribution in [0.15, 0.2) is 12.3 Å². The molecule has 6 heteroatoms. The molecule has 0 aromatic carbocycles. The van der Waals surface area contributed by atoms with Crippen molar-refractivity contribution in [3.05, 3.63) is 29.3 Å². The SMILES string of the molecule is CC(=O)OCc1nccc(C(=O)CBr)c1F. The van der Waals surface area contributed by atoms with Gasteiger partial charge in [0.05, 0.1) is 10.9 Å². The molecule has 1 heterocycles. The summed E-state index contributed by atoms with van der Waals surface area (Å²) < 4.78 is 18.3. The van der Waals surface area contributed by atoms with E-state index in [1.165, 1.54) is 19.2 Å². The highest BCUT2D eigenvalue weighted by Crippen LogP contribution is 2.13. The van der Waals surface area contributed by atoms with Crippen LogP contribution in [0.2, 0.25) is 0 Å². The number of hydrogen-bond donors (Lipinski definition) is 0. The van der Waals surface area contributed by atoms with E-state index in [1.807, 2.05) is 0 Å². The van der Waals surface area contributed by atoms with Crippen LogP contribution < -0.4 is 0 Å². The molecule has 0 fully saturated rings. The first-order valence-electron chi connectivity index (χ1n) is 4.42. The Labute approximate surface area is 99.9 Å². The monoisotopic (exact) mass is 289 g/mol. The maximum absolute atomic E-state index is 13.7. The first-order chi connectivity index (χ1) is 7.56. The molecule has 0 aliphatic heterocycles. The predicted octanol–water partition coefficient (Wildman–Crippen LogP) is 1.86. The highest BCUT2D eigenvalue weighted by molar-refractivity contribution is 9.09. The highest BCUT2D eigenvalue weighted by atomic mass is 79.9. The molecule has 0 spiro atoms. The summed E-state index contributed by atoms with van der Waals surface area (Å²) in [5.41, 5.74) is -0.115. The minimum Gasteiger partial charge on any atom is -0.459 e. The van der Waals surface area contributed by atoms with Crippen molar-refractivity contribution < 1.29 is 18.7 Å². The molecule has 0 bridgehead atoms. The van der Waals surface area contributed by atoms with Gasteiger partial charge in [0.2, 0.25) is 0 Å². The van der Waals surface area contributed by atoms with Gasteiger partial charge in [-0.25, -0.2) is 4.39 Å². The van der Waals surface area contributed by atoms with Crippen LogP contribution in [0.25, 0.3) is 0 Å². The normalized spacial score (nSPS) is 9.94. The largest absolute Gasteiger partial charge is 0.459 e. The van der Waals surface area contributed by atoms with Crippen molar-refractivity contribution in [3.63, 3.8) is 0 Å². The Morgan fingerprint density at radius 1 is 1.56 bits per heavy atom. The molecule has 0 N–H and O–H groups in total. The lowest BCUT2D eigenvalue weighted by atomic mass is 10.1. The zero-order chi connectivity index (χ0) is 12.1. The fourth-order valence-electron chi connectivity index (χ4n) is 1.05. The molecule has 1 rings (SSSR count). The number of Topliss-reactive ketones (excluding diaryl/α,β-unsaturated/α-hetero) is 1. The molecule has 16 heavy (non-hydrogen) atoms. The van der Waals surface area contributed by atoms with Crippen LogP contribution in [-0.4, -0.2) is 22.1 Å². The summed E-state index contributed by atoms with van der Waals surface area (Å²) in [6.07, 6.45) is 1.30. The Bertz CT molecular complexity index is 423. The number of carbonyl (C=O) groups excluding carboxylic acids is 2. The molecule has 0 aliphatic rings. The molecule has 0 aliphatic carbocycles. The number of ether oxygens (including phenoxy) is 1. The zero-order valence-corrected chi connectivity index (χ0v) is 10.1. The fourth-order valence-corrected chi connectivity index (χ4v) is 1.35. The van der Waals surface area contributed by atoms with Crippen molar-refractivity contribution in [2.75, 3.05) is 5.33 Å². The average molecular weight is 290 g/mol. The molecule has 4 nitrogen and oxygen atoms in total. The Hall–Kier alpha value is -1.30. The summed E-state index contributed by atoms with van der Waals surface area (Å²) in [5, 5.41) is 0.0287. The number of rotatable bonds is 4. The topological polar surface area (TPSA) is 56.3 Å². The second kappa shape index (κ2) is 5.69. The predicted molar refractivity (Wildman–Crippen MR) is 57.8 cm³/mol. The van der Waals surface area contributed by atoms with E-state index >= 15 is 0 Å². The lowest BCUT2D eigenvalue weighted by Gasteiger charge is -2.05. The van der Waals surface area contributed by atoms with Crippen LogP contribution in [0.5, 0.6) is 0 Å². The third-order valence-electron chi connectivity index (χ3n) is 1.80. The third-order valence-corrected chi connectivity index (χ3v) is 2.30. The maximum atomic E-state index is 13.7. The minimum absolute atomic E-state index is 0.0287. The van der Waals surface area contributed by atoms with Crippen molar-refractivity contribution >= 4 is 27.7 Å². The Morgan fingerprint density at radius 3 is 2.81 bits per heavy atom. The van der Waals surface area contributed by atoms with Gasteiger partial charge in [-0.3, -0.25) is 14.6 Å². The van der Waals surface area contributed by atoms with Crippen LogP contribution >= 0.6 is 15.9 Å². The molecule has 0 amide bonds. The zero-order valence-electron chi connectivity index (χ0n) is 8.50. The van der Waals surface area contributed by atoms with Gasteiger partial charge in [-0.05, 0) is 6.07 Å². The molecule has 0 saturated heterocycles. The van der Waals surface area contributed by atoms with Gasteiger partial charge < -0.3 is 4.74 Å². The van der Waals surface area contributed by atoms with E-state index in [9.17, 15) is 14.0 Å². The number of alkyl halides is 1. The number of hydrogen-bond acceptors (Lipinski definition) is 4. The van der Waals surface area contributed by atoms with Crippen LogP contribution in [0.3, 0.4) is 0 Å². The number of pyridine rings is 1. The van der Waals surface area contributed by atoms with Crippen molar-refractivity contribution in [2.45, 2.75) is 13.5 Å². The van der Waals surface area contributed by atoms with Crippen molar-refractivity contribution in [1.29, 1.82) is 0 Å². The summed E-state index contributed by atoms with van der Waals surface area (Å²) in [4.78, 5) is 25.6. The molecule has 0 saturated carbocycles. The Kier molecular flexibility index (Phi) is 4.54. The number of carbonyl (C=O) groups is 2. The van der Waals surface area contributed by atoms with Gasteiger partial charge in [0.15, 0.2) is 11.6 Å².